The average Bonchev–Trinajstić information content (AvgIpc) is 2.28. The number of rotatable bonds is 6. The van der Waals surface area contributed by atoms with E-state index in [1.807, 2.05) is 6.92 Å². The van der Waals surface area contributed by atoms with Crippen molar-refractivity contribution in [1.29, 1.82) is 0 Å². The number of aliphatic hydroxyl groups excluding tert-OH is 1. The van der Waals surface area contributed by atoms with E-state index in [2.05, 4.69) is 5.32 Å². The van der Waals surface area contributed by atoms with Gasteiger partial charge in [-0.1, -0.05) is 12.8 Å². The van der Waals surface area contributed by atoms with Crippen LogP contribution in [0.5, 0.6) is 0 Å². The molecule has 0 heterocycles. The van der Waals surface area contributed by atoms with E-state index in [0.29, 0.717) is 19.6 Å². The highest BCUT2D eigenvalue weighted by Crippen LogP contribution is 2.18. The summed E-state index contributed by atoms with van der Waals surface area (Å²) in [6, 6.07) is -0.0339. The summed E-state index contributed by atoms with van der Waals surface area (Å²) in [6.45, 7) is 3.28. The second-order valence-corrected chi connectivity index (χ2v) is 4.33. The number of nitrogens with one attached hydrogen (secondary N) is 1. The summed E-state index contributed by atoms with van der Waals surface area (Å²) < 4.78 is 5.17. The van der Waals surface area contributed by atoms with E-state index >= 15 is 0 Å². The van der Waals surface area contributed by atoms with Crippen LogP contribution >= 0.6 is 0 Å². The Morgan fingerprint density at radius 2 is 2.19 bits per heavy atom. The molecule has 1 rings (SSSR count). The standard InChI is InChI=1S/C12H23NO3/c1-2-16-9-5-8-12(15)13-10-6-3-4-7-11(10)14/h10-11,14H,2-9H2,1H3,(H,13,15)/t10-,11-/m0/s1. The predicted molar refractivity (Wildman–Crippen MR) is 62.1 cm³/mol. The number of ether oxygens (including phenoxy) is 1. The Morgan fingerprint density at radius 1 is 1.44 bits per heavy atom. The van der Waals surface area contributed by atoms with E-state index in [1.54, 1.807) is 0 Å². The van der Waals surface area contributed by atoms with Crippen LogP contribution in [0.4, 0.5) is 0 Å². The molecule has 1 aliphatic carbocycles. The lowest BCUT2D eigenvalue weighted by Gasteiger charge is -2.28. The molecule has 2 atom stereocenters. The summed E-state index contributed by atoms with van der Waals surface area (Å²) >= 11 is 0. The van der Waals surface area contributed by atoms with Crippen molar-refractivity contribution in [2.45, 2.75) is 57.6 Å². The fraction of sp³-hybridized carbons (Fsp3) is 0.917. The van der Waals surface area contributed by atoms with Crippen LogP contribution in [0.15, 0.2) is 0 Å². The van der Waals surface area contributed by atoms with Gasteiger partial charge in [0.05, 0.1) is 12.1 Å². The van der Waals surface area contributed by atoms with E-state index in [9.17, 15) is 9.90 Å². The van der Waals surface area contributed by atoms with Gasteiger partial charge in [-0.25, -0.2) is 0 Å². The van der Waals surface area contributed by atoms with Crippen molar-refractivity contribution < 1.29 is 14.6 Å². The van der Waals surface area contributed by atoms with Gasteiger partial charge in [0, 0.05) is 19.6 Å². The third-order valence-corrected chi connectivity index (χ3v) is 2.97. The van der Waals surface area contributed by atoms with E-state index in [4.69, 9.17) is 4.74 Å². The number of hydrogen-bond donors (Lipinski definition) is 2. The molecule has 0 saturated heterocycles. The van der Waals surface area contributed by atoms with Gasteiger partial charge in [0.1, 0.15) is 0 Å². The number of amides is 1. The van der Waals surface area contributed by atoms with Gasteiger partial charge in [-0.05, 0) is 26.2 Å². The first-order valence-electron chi connectivity index (χ1n) is 6.29. The maximum absolute atomic E-state index is 11.5. The number of hydrogen-bond acceptors (Lipinski definition) is 3. The van der Waals surface area contributed by atoms with Crippen LogP contribution in [0.25, 0.3) is 0 Å². The van der Waals surface area contributed by atoms with Crippen molar-refractivity contribution >= 4 is 5.91 Å². The first kappa shape index (κ1) is 13.5. The Bertz CT molecular complexity index is 208. The maximum atomic E-state index is 11.5. The normalized spacial score (nSPS) is 25.4. The molecule has 0 spiro atoms. The topological polar surface area (TPSA) is 58.6 Å². The molecular weight excluding hydrogens is 206 g/mol. The summed E-state index contributed by atoms with van der Waals surface area (Å²) in [4.78, 5) is 11.5. The third-order valence-electron chi connectivity index (χ3n) is 2.97. The minimum Gasteiger partial charge on any atom is -0.391 e. The van der Waals surface area contributed by atoms with Gasteiger partial charge in [0.15, 0.2) is 0 Å². The van der Waals surface area contributed by atoms with Crippen LogP contribution in [0.1, 0.15) is 45.4 Å². The van der Waals surface area contributed by atoms with Gasteiger partial charge in [-0.2, -0.15) is 0 Å². The highest BCUT2D eigenvalue weighted by molar-refractivity contribution is 5.76. The smallest absolute Gasteiger partial charge is 0.220 e. The van der Waals surface area contributed by atoms with Crippen molar-refractivity contribution in [3.8, 4) is 0 Å². The Hall–Kier alpha value is -0.610. The Kier molecular flexibility index (Phi) is 6.42. The Morgan fingerprint density at radius 3 is 2.88 bits per heavy atom. The van der Waals surface area contributed by atoms with Gasteiger partial charge in [-0.15, -0.1) is 0 Å². The van der Waals surface area contributed by atoms with E-state index in [-0.39, 0.29) is 18.1 Å². The van der Waals surface area contributed by atoms with Crippen LogP contribution in [0.2, 0.25) is 0 Å². The summed E-state index contributed by atoms with van der Waals surface area (Å²) in [5, 5.41) is 12.6. The number of carbonyl (C=O) groups is 1. The lowest BCUT2D eigenvalue weighted by Crippen LogP contribution is -2.45. The first-order valence-corrected chi connectivity index (χ1v) is 6.29. The first-order chi connectivity index (χ1) is 7.74. The monoisotopic (exact) mass is 229 g/mol. The van der Waals surface area contributed by atoms with Gasteiger partial charge in [-0.3, -0.25) is 4.79 Å². The maximum Gasteiger partial charge on any atom is 0.220 e. The molecule has 4 nitrogen and oxygen atoms in total. The van der Waals surface area contributed by atoms with E-state index in [0.717, 1.165) is 32.1 Å². The van der Waals surface area contributed by atoms with Crippen LogP contribution in [-0.4, -0.2) is 36.4 Å². The fourth-order valence-corrected chi connectivity index (χ4v) is 2.04. The van der Waals surface area contributed by atoms with Crippen LogP contribution in [0, 0.1) is 0 Å². The fourth-order valence-electron chi connectivity index (χ4n) is 2.04. The molecule has 0 aliphatic heterocycles. The minimum absolute atomic E-state index is 0.0330. The predicted octanol–water partition coefficient (Wildman–Crippen LogP) is 1.22. The largest absolute Gasteiger partial charge is 0.391 e. The lowest BCUT2D eigenvalue weighted by molar-refractivity contribution is -0.123. The Balaban J connectivity index is 2.12. The van der Waals surface area contributed by atoms with Crippen molar-refractivity contribution in [1.82, 2.24) is 5.32 Å². The Labute approximate surface area is 97.4 Å². The molecule has 1 amide bonds. The highest BCUT2D eigenvalue weighted by Gasteiger charge is 2.23. The molecule has 0 aromatic carbocycles. The minimum atomic E-state index is -0.357. The molecule has 0 unspecified atom stereocenters. The van der Waals surface area contributed by atoms with E-state index in [1.165, 1.54) is 0 Å². The van der Waals surface area contributed by atoms with Crippen molar-refractivity contribution in [3.05, 3.63) is 0 Å². The second-order valence-electron chi connectivity index (χ2n) is 4.33. The quantitative estimate of drug-likeness (QED) is 0.673. The van der Waals surface area contributed by atoms with Crippen LogP contribution in [0.3, 0.4) is 0 Å². The molecule has 4 heteroatoms. The van der Waals surface area contributed by atoms with Gasteiger partial charge < -0.3 is 15.2 Å². The van der Waals surface area contributed by atoms with Crippen molar-refractivity contribution in [2.24, 2.45) is 0 Å². The molecular formula is C12H23NO3. The van der Waals surface area contributed by atoms with E-state index < -0.39 is 0 Å². The molecule has 94 valence electrons. The lowest BCUT2D eigenvalue weighted by atomic mass is 9.92. The molecule has 0 aromatic heterocycles. The molecule has 16 heavy (non-hydrogen) atoms. The van der Waals surface area contributed by atoms with Gasteiger partial charge in [0.2, 0.25) is 5.91 Å². The molecule has 1 saturated carbocycles. The number of aliphatic hydroxyl groups is 1. The summed E-state index contributed by atoms with van der Waals surface area (Å²) in [5.41, 5.74) is 0. The second kappa shape index (κ2) is 7.63. The molecule has 0 bridgehead atoms. The SMILES string of the molecule is CCOCCCC(=O)N[C@H]1CCCC[C@@H]1O. The molecule has 1 fully saturated rings. The van der Waals surface area contributed by atoms with Crippen molar-refractivity contribution in [2.75, 3.05) is 13.2 Å². The summed E-state index contributed by atoms with van der Waals surface area (Å²) in [7, 11) is 0. The zero-order chi connectivity index (χ0) is 11.8. The zero-order valence-corrected chi connectivity index (χ0v) is 10.1. The highest BCUT2D eigenvalue weighted by atomic mass is 16.5. The number of carbonyl (C=O) groups excluding carboxylic acids is 1. The molecule has 2 N–H and O–H groups in total. The third kappa shape index (κ3) is 4.94. The molecule has 0 aromatic rings. The average molecular weight is 229 g/mol. The van der Waals surface area contributed by atoms with Gasteiger partial charge in [0.25, 0.3) is 0 Å². The zero-order valence-electron chi connectivity index (χ0n) is 10.1. The summed E-state index contributed by atoms with van der Waals surface area (Å²) in [6.07, 6.45) is 4.76. The molecule has 1 aliphatic rings. The van der Waals surface area contributed by atoms with Gasteiger partial charge >= 0.3 is 0 Å². The van der Waals surface area contributed by atoms with Crippen molar-refractivity contribution in [3.63, 3.8) is 0 Å². The summed E-state index contributed by atoms with van der Waals surface area (Å²) in [5.74, 6) is 0.0330. The van der Waals surface area contributed by atoms with Crippen LogP contribution in [-0.2, 0) is 9.53 Å². The molecule has 0 radical (unpaired) electrons. The van der Waals surface area contributed by atoms with Crippen LogP contribution < -0.4 is 5.32 Å².